The highest BCUT2D eigenvalue weighted by Gasteiger charge is 2.26. The molecule has 1 amide bonds. The Morgan fingerprint density at radius 3 is 3.27 bits per heavy atom. The predicted octanol–water partition coefficient (Wildman–Crippen LogP) is 0.516. The van der Waals surface area contributed by atoms with E-state index in [1.807, 2.05) is 18.8 Å². The molecular formula is C9H14N4OS. The van der Waals surface area contributed by atoms with Gasteiger partial charge in [0.05, 0.1) is 6.54 Å². The fourth-order valence-electron chi connectivity index (χ4n) is 1.65. The van der Waals surface area contributed by atoms with Crippen molar-refractivity contribution in [1.29, 1.82) is 0 Å². The van der Waals surface area contributed by atoms with Gasteiger partial charge in [-0.1, -0.05) is 0 Å². The van der Waals surface area contributed by atoms with Crippen molar-refractivity contribution in [3.63, 3.8) is 0 Å². The Kier molecular flexibility index (Phi) is 3.25. The molecule has 1 saturated heterocycles. The number of nitrogens with one attached hydrogen (secondary N) is 1. The smallest absolute Gasteiger partial charge is 0.226 e. The van der Waals surface area contributed by atoms with Gasteiger partial charge in [0.2, 0.25) is 5.91 Å². The van der Waals surface area contributed by atoms with Crippen molar-refractivity contribution in [3.8, 4) is 0 Å². The summed E-state index contributed by atoms with van der Waals surface area (Å²) in [6.07, 6.45) is 2.46. The lowest BCUT2D eigenvalue weighted by Gasteiger charge is -2.19. The second-order valence-electron chi connectivity index (χ2n) is 3.69. The van der Waals surface area contributed by atoms with Gasteiger partial charge in [-0.2, -0.15) is 16.9 Å². The number of nitrogens with zero attached hydrogens (tertiary/aromatic N) is 3. The van der Waals surface area contributed by atoms with E-state index in [2.05, 4.69) is 15.2 Å². The Balaban J connectivity index is 1.89. The van der Waals surface area contributed by atoms with Crippen LogP contribution in [0.25, 0.3) is 0 Å². The average Bonchev–Trinajstić information content (AvgIpc) is 2.88. The van der Waals surface area contributed by atoms with Gasteiger partial charge in [-0.05, 0) is 12.2 Å². The van der Waals surface area contributed by atoms with E-state index >= 15 is 0 Å². The number of aromatic amines is 1. The van der Waals surface area contributed by atoms with E-state index in [4.69, 9.17) is 0 Å². The van der Waals surface area contributed by atoms with E-state index in [-0.39, 0.29) is 11.8 Å². The summed E-state index contributed by atoms with van der Waals surface area (Å²) in [4.78, 5) is 17.6. The highest BCUT2D eigenvalue weighted by atomic mass is 32.2. The minimum Gasteiger partial charge on any atom is -0.338 e. The molecule has 0 spiro atoms. The number of H-pyrrole nitrogens is 1. The van der Waals surface area contributed by atoms with Crippen LogP contribution in [0.3, 0.4) is 0 Å². The third-order valence-corrected chi connectivity index (χ3v) is 3.67. The van der Waals surface area contributed by atoms with E-state index in [1.165, 1.54) is 6.33 Å². The van der Waals surface area contributed by atoms with Gasteiger partial charge in [0.25, 0.3) is 0 Å². The maximum atomic E-state index is 11.9. The number of carbonyl (C=O) groups excluding carboxylic acids is 1. The summed E-state index contributed by atoms with van der Waals surface area (Å²) in [5.74, 6) is 3.21. The molecule has 1 atom stereocenters. The van der Waals surface area contributed by atoms with Gasteiger partial charge in [-0.3, -0.25) is 9.89 Å². The monoisotopic (exact) mass is 226 g/mol. The van der Waals surface area contributed by atoms with E-state index in [9.17, 15) is 4.79 Å². The molecule has 1 aliphatic heterocycles. The number of hydrogen-bond donors (Lipinski definition) is 1. The number of thioether (sulfide) groups is 1. The van der Waals surface area contributed by atoms with Gasteiger partial charge in [-0.25, -0.2) is 4.98 Å². The van der Waals surface area contributed by atoms with Crippen molar-refractivity contribution < 1.29 is 4.79 Å². The van der Waals surface area contributed by atoms with Crippen molar-refractivity contribution in [1.82, 2.24) is 20.1 Å². The van der Waals surface area contributed by atoms with E-state index in [0.717, 1.165) is 23.8 Å². The van der Waals surface area contributed by atoms with Crippen LogP contribution in [0.2, 0.25) is 0 Å². The number of carbonyl (C=O) groups is 1. The van der Waals surface area contributed by atoms with Gasteiger partial charge in [0.15, 0.2) is 0 Å². The molecule has 2 heterocycles. The first-order valence-electron chi connectivity index (χ1n) is 4.94. The van der Waals surface area contributed by atoms with Crippen molar-refractivity contribution in [2.24, 2.45) is 5.92 Å². The molecule has 2 rings (SSSR count). The third-order valence-electron chi connectivity index (χ3n) is 2.51. The first-order valence-corrected chi connectivity index (χ1v) is 6.10. The molecule has 1 fully saturated rings. The molecule has 1 N–H and O–H groups in total. The summed E-state index contributed by atoms with van der Waals surface area (Å²) in [6, 6.07) is 0. The molecule has 0 bridgehead atoms. The molecule has 82 valence electrons. The SMILES string of the molecule is CN(Cc1ncn[nH]1)C(=O)C1CCSC1. The van der Waals surface area contributed by atoms with Gasteiger partial charge in [0.1, 0.15) is 12.2 Å². The van der Waals surface area contributed by atoms with Crippen LogP contribution < -0.4 is 0 Å². The van der Waals surface area contributed by atoms with Crippen LogP contribution in [-0.2, 0) is 11.3 Å². The lowest BCUT2D eigenvalue weighted by Crippen LogP contribution is -2.32. The van der Waals surface area contributed by atoms with Crippen LogP contribution in [-0.4, -0.2) is 44.5 Å². The summed E-state index contributed by atoms with van der Waals surface area (Å²) in [7, 11) is 1.81. The molecule has 0 saturated carbocycles. The molecule has 1 aliphatic rings. The van der Waals surface area contributed by atoms with E-state index in [0.29, 0.717) is 6.54 Å². The molecule has 6 heteroatoms. The molecule has 0 radical (unpaired) electrons. The lowest BCUT2D eigenvalue weighted by atomic mass is 10.1. The standard InChI is InChI=1S/C9H14N4OS/c1-13(4-8-10-6-11-12-8)9(14)7-2-3-15-5-7/h6-7H,2-5H2,1H3,(H,10,11,12). The Hall–Kier alpha value is -1.04. The molecule has 1 aromatic rings. The summed E-state index contributed by atoms with van der Waals surface area (Å²) in [6.45, 7) is 0.514. The summed E-state index contributed by atoms with van der Waals surface area (Å²) >= 11 is 1.85. The fourth-order valence-corrected chi connectivity index (χ4v) is 2.86. The second kappa shape index (κ2) is 4.65. The molecule has 1 unspecified atom stereocenters. The Bertz CT molecular complexity index is 321. The topological polar surface area (TPSA) is 61.9 Å². The Labute approximate surface area is 92.6 Å². The number of amides is 1. The molecular weight excluding hydrogens is 212 g/mol. The summed E-state index contributed by atoms with van der Waals surface area (Å²) < 4.78 is 0. The first kappa shape index (κ1) is 10.5. The average molecular weight is 226 g/mol. The van der Waals surface area contributed by atoms with Crippen LogP contribution >= 0.6 is 11.8 Å². The Morgan fingerprint density at radius 2 is 2.67 bits per heavy atom. The number of aromatic nitrogens is 3. The van der Waals surface area contributed by atoms with Crippen molar-refractivity contribution >= 4 is 17.7 Å². The number of rotatable bonds is 3. The zero-order valence-corrected chi connectivity index (χ0v) is 9.46. The van der Waals surface area contributed by atoms with Gasteiger partial charge >= 0.3 is 0 Å². The summed E-state index contributed by atoms with van der Waals surface area (Å²) in [5, 5.41) is 6.51. The highest BCUT2D eigenvalue weighted by molar-refractivity contribution is 7.99. The molecule has 5 nitrogen and oxygen atoms in total. The first-order chi connectivity index (χ1) is 7.27. The van der Waals surface area contributed by atoms with Crippen LogP contribution in [0.4, 0.5) is 0 Å². The van der Waals surface area contributed by atoms with E-state index < -0.39 is 0 Å². The normalized spacial score (nSPS) is 20.5. The van der Waals surface area contributed by atoms with Crippen molar-refractivity contribution in [2.45, 2.75) is 13.0 Å². The lowest BCUT2D eigenvalue weighted by molar-refractivity contribution is -0.134. The quantitative estimate of drug-likeness (QED) is 0.816. The summed E-state index contributed by atoms with van der Waals surface area (Å²) in [5.41, 5.74) is 0. The van der Waals surface area contributed by atoms with Crippen LogP contribution in [0, 0.1) is 5.92 Å². The van der Waals surface area contributed by atoms with Gasteiger partial charge in [0, 0.05) is 18.7 Å². The maximum absolute atomic E-state index is 11.9. The fraction of sp³-hybridized carbons (Fsp3) is 0.667. The van der Waals surface area contributed by atoms with Crippen molar-refractivity contribution in [3.05, 3.63) is 12.2 Å². The van der Waals surface area contributed by atoms with E-state index in [1.54, 1.807) is 4.90 Å². The van der Waals surface area contributed by atoms with Crippen LogP contribution in [0.5, 0.6) is 0 Å². The molecule has 0 aromatic carbocycles. The molecule has 1 aromatic heterocycles. The zero-order chi connectivity index (χ0) is 10.7. The Morgan fingerprint density at radius 1 is 1.80 bits per heavy atom. The van der Waals surface area contributed by atoms with Gasteiger partial charge < -0.3 is 4.90 Å². The van der Waals surface area contributed by atoms with Crippen LogP contribution in [0.15, 0.2) is 6.33 Å². The third kappa shape index (κ3) is 2.50. The number of hydrogen-bond acceptors (Lipinski definition) is 4. The largest absolute Gasteiger partial charge is 0.338 e. The highest BCUT2D eigenvalue weighted by Crippen LogP contribution is 2.24. The minimum absolute atomic E-state index is 0.197. The van der Waals surface area contributed by atoms with Crippen LogP contribution in [0.1, 0.15) is 12.2 Å². The predicted molar refractivity (Wildman–Crippen MR) is 58.3 cm³/mol. The maximum Gasteiger partial charge on any atom is 0.226 e. The second-order valence-corrected chi connectivity index (χ2v) is 4.84. The minimum atomic E-state index is 0.197. The van der Waals surface area contributed by atoms with Crippen molar-refractivity contribution in [2.75, 3.05) is 18.6 Å². The molecule has 0 aliphatic carbocycles. The van der Waals surface area contributed by atoms with Gasteiger partial charge in [-0.15, -0.1) is 0 Å². The molecule has 15 heavy (non-hydrogen) atoms. The zero-order valence-electron chi connectivity index (χ0n) is 8.64.